The van der Waals surface area contributed by atoms with Crippen LogP contribution in [0.5, 0.6) is 0 Å². The van der Waals surface area contributed by atoms with E-state index in [1.54, 1.807) is 32.5 Å². The first kappa shape index (κ1) is 12.4. The van der Waals surface area contributed by atoms with Crippen molar-refractivity contribution in [2.45, 2.75) is 13.0 Å². The van der Waals surface area contributed by atoms with Gasteiger partial charge in [0.25, 0.3) is 5.91 Å². The number of methoxy groups -OCH3 is 1. The Morgan fingerprint density at radius 2 is 2.38 bits per heavy atom. The number of nitrogens with one attached hydrogen (secondary N) is 2. The first-order valence-electron chi connectivity index (χ1n) is 5.12. The van der Waals surface area contributed by atoms with E-state index in [9.17, 15) is 4.79 Å². The summed E-state index contributed by atoms with van der Waals surface area (Å²) in [7, 11) is 3.40. The summed E-state index contributed by atoms with van der Waals surface area (Å²) >= 11 is 0. The normalized spacial score (nSPS) is 11.9. The van der Waals surface area contributed by atoms with Gasteiger partial charge in [0.1, 0.15) is 5.69 Å². The Kier molecular flexibility index (Phi) is 4.72. The first-order chi connectivity index (χ1) is 7.67. The molecule has 0 aliphatic heterocycles. The average Bonchev–Trinajstić information content (AvgIpc) is 2.35. The molecule has 5 nitrogen and oxygen atoms in total. The summed E-state index contributed by atoms with van der Waals surface area (Å²) in [6.07, 6.45) is 1.59. The second kappa shape index (κ2) is 6.07. The maximum atomic E-state index is 11.7. The van der Waals surface area contributed by atoms with Crippen molar-refractivity contribution in [3.05, 3.63) is 24.0 Å². The van der Waals surface area contributed by atoms with Crippen LogP contribution in [-0.2, 0) is 4.74 Å². The molecule has 1 atom stereocenters. The van der Waals surface area contributed by atoms with E-state index in [1.807, 2.05) is 6.92 Å². The van der Waals surface area contributed by atoms with Gasteiger partial charge in [-0.2, -0.15) is 0 Å². The van der Waals surface area contributed by atoms with Crippen molar-refractivity contribution in [3.8, 4) is 0 Å². The molecule has 1 heterocycles. The molecule has 0 radical (unpaired) electrons. The number of amides is 1. The van der Waals surface area contributed by atoms with Crippen molar-refractivity contribution in [2.75, 3.05) is 26.0 Å². The topological polar surface area (TPSA) is 63.2 Å². The van der Waals surface area contributed by atoms with Gasteiger partial charge in [-0.25, -0.2) is 0 Å². The molecule has 0 fully saturated rings. The van der Waals surface area contributed by atoms with Gasteiger partial charge < -0.3 is 15.4 Å². The first-order valence-corrected chi connectivity index (χ1v) is 5.12. The van der Waals surface area contributed by atoms with Gasteiger partial charge in [0.2, 0.25) is 0 Å². The van der Waals surface area contributed by atoms with Crippen LogP contribution in [0, 0.1) is 0 Å². The molecule has 0 saturated carbocycles. The third-order valence-corrected chi connectivity index (χ3v) is 2.23. The Bertz CT molecular complexity index is 355. The third-order valence-electron chi connectivity index (χ3n) is 2.23. The van der Waals surface area contributed by atoms with Crippen LogP contribution in [0.4, 0.5) is 5.69 Å². The SMILES string of the molecule is CNc1ccnc(C(=O)NCC(C)OC)c1. The van der Waals surface area contributed by atoms with Gasteiger partial charge in [0, 0.05) is 32.6 Å². The highest BCUT2D eigenvalue weighted by Crippen LogP contribution is 2.06. The largest absolute Gasteiger partial charge is 0.388 e. The van der Waals surface area contributed by atoms with E-state index in [0.717, 1.165) is 5.69 Å². The maximum absolute atomic E-state index is 11.7. The number of hydrogen-bond donors (Lipinski definition) is 2. The van der Waals surface area contributed by atoms with Gasteiger partial charge in [0.15, 0.2) is 0 Å². The second-order valence-electron chi connectivity index (χ2n) is 3.44. The van der Waals surface area contributed by atoms with Crippen molar-refractivity contribution in [1.29, 1.82) is 0 Å². The molecule has 1 aromatic rings. The van der Waals surface area contributed by atoms with Crippen LogP contribution < -0.4 is 10.6 Å². The number of pyridine rings is 1. The molecule has 16 heavy (non-hydrogen) atoms. The fourth-order valence-corrected chi connectivity index (χ4v) is 1.12. The van der Waals surface area contributed by atoms with Crippen molar-refractivity contribution >= 4 is 11.6 Å². The fraction of sp³-hybridized carbons (Fsp3) is 0.455. The van der Waals surface area contributed by atoms with Gasteiger partial charge in [0.05, 0.1) is 6.10 Å². The van der Waals surface area contributed by atoms with E-state index in [0.29, 0.717) is 12.2 Å². The van der Waals surface area contributed by atoms with Gasteiger partial charge in [-0.1, -0.05) is 0 Å². The number of carbonyl (C=O) groups is 1. The van der Waals surface area contributed by atoms with Crippen LogP contribution in [0.3, 0.4) is 0 Å². The van der Waals surface area contributed by atoms with Gasteiger partial charge in [-0.05, 0) is 19.1 Å². The minimum atomic E-state index is -0.194. The molecule has 1 aromatic heterocycles. The van der Waals surface area contributed by atoms with Gasteiger partial charge >= 0.3 is 0 Å². The summed E-state index contributed by atoms with van der Waals surface area (Å²) in [6.45, 7) is 2.36. The summed E-state index contributed by atoms with van der Waals surface area (Å²) in [6, 6.07) is 3.50. The fourth-order valence-electron chi connectivity index (χ4n) is 1.12. The highest BCUT2D eigenvalue weighted by Gasteiger charge is 2.08. The number of nitrogens with zero attached hydrogens (tertiary/aromatic N) is 1. The molecule has 88 valence electrons. The molecule has 0 spiro atoms. The summed E-state index contributed by atoms with van der Waals surface area (Å²) in [5, 5.41) is 5.70. The number of hydrogen-bond acceptors (Lipinski definition) is 4. The lowest BCUT2D eigenvalue weighted by molar-refractivity contribution is 0.0866. The highest BCUT2D eigenvalue weighted by molar-refractivity contribution is 5.93. The summed E-state index contributed by atoms with van der Waals surface area (Å²) in [5.74, 6) is -0.194. The van der Waals surface area contributed by atoms with Crippen molar-refractivity contribution in [2.24, 2.45) is 0 Å². The molecule has 5 heteroatoms. The molecule has 1 rings (SSSR count). The zero-order chi connectivity index (χ0) is 12.0. The molecule has 1 amide bonds. The standard InChI is InChI=1S/C11H17N3O2/c1-8(16-3)7-14-11(15)10-6-9(12-2)4-5-13-10/h4-6,8H,7H2,1-3H3,(H,12,13)(H,14,15). The lowest BCUT2D eigenvalue weighted by Gasteiger charge is -2.10. The van der Waals surface area contributed by atoms with Crippen LogP contribution in [0.25, 0.3) is 0 Å². The molecular formula is C11H17N3O2. The van der Waals surface area contributed by atoms with E-state index in [-0.39, 0.29) is 12.0 Å². The third kappa shape index (κ3) is 3.51. The zero-order valence-electron chi connectivity index (χ0n) is 9.78. The Morgan fingerprint density at radius 1 is 1.62 bits per heavy atom. The highest BCUT2D eigenvalue weighted by atomic mass is 16.5. The number of anilines is 1. The summed E-state index contributed by atoms with van der Waals surface area (Å²) in [5.41, 5.74) is 1.26. The Hall–Kier alpha value is -1.62. The predicted molar refractivity (Wildman–Crippen MR) is 62.6 cm³/mol. The van der Waals surface area contributed by atoms with Crippen LogP contribution in [-0.4, -0.2) is 37.7 Å². The van der Waals surface area contributed by atoms with Crippen molar-refractivity contribution in [1.82, 2.24) is 10.3 Å². The molecule has 0 aromatic carbocycles. The zero-order valence-corrected chi connectivity index (χ0v) is 9.78. The predicted octanol–water partition coefficient (Wildman–Crippen LogP) is 0.888. The van der Waals surface area contributed by atoms with Crippen LogP contribution >= 0.6 is 0 Å². The van der Waals surface area contributed by atoms with E-state index in [4.69, 9.17) is 4.74 Å². The smallest absolute Gasteiger partial charge is 0.270 e. The second-order valence-corrected chi connectivity index (χ2v) is 3.44. The lowest BCUT2D eigenvalue weighted by Crippen LogP contribution is -2.32. The van der Waals surface area contributed by atoms with E-state index >= 15 is 0 Å². The molecule has 0 saturated heterocycles. The van der Waals surface area contributed by atoms with Crippen LogP contribution in [0.15, 0.2) is 18.3 Å². The average molecular weight is 223 g/mol. The Balaban J connectivity index is 2.58. The van der Waals surface area contributed by atoms with Gasteiger partial charge in [-0.15, -0.1) is 0 Å². The molecule has 2 N–H and O–H groups in total. The maximum Gasteiger partial charge on any atom is 0.270 e. The number of ether oxygens (including phenoxy) is 1. The van der Waals surface area contributed by atoms with Crippen LogP contribution in [0.2, 0.25) is 0 Å². The number of rotatable bonds is 5. The number of aromatic nitrogens is 1. The molecule has 0 bridgehead atoms. The number of carbonyl (C=O) groups excluding carboxylic acids is 1. The Morgan fingerprint density at radius 3 is 3.00 bits per heavy atom. The molecule has 1 unspecified atom stereocenters. The van der Waals surface area contributed by atoms with E-state index < -0.39 is 0 Å². The van der Waals surface area contributed by atoms with Crippen LogP contribution in [0.1, 0.15) is 17.4 Å². The van der Waals surface area contributed by atoms with E-state index in [1.165, 1.54) is 0 Å². The molecule has 0 aliphatic carbocycles. The Labute approximate surface area is 95.2 Å². The molecular weight excluding hydrogens is 206 g/mol. The van der Waals surface area contributed by atoms with Crippen molar-refractivity contribution < 1.29 is 9.53 Å². The van der Waals surface area contributed by atoms with Crippen molar-refractivity contribution in [3.63, 3.8) is 0 Å². The quantitative estimate of drug-likeness (QED) is 0.778. The molecule has 0 aliphatic rings. The minimum absolute atomic E-state index is 0.00330. The van der Waals surface area contributed by atoms with Gasteiger partial charge in [-0.3, -0.25) is 9.78 Å². The minimum Gasteiger partial charge on any atom is -0.388 e. The lowest BCUT2D eigenvalue weighted by atomic mass is 10.3. The van der Waals surface area contributed by atoms with E-state index in [2.05, 4.69) is 15.6 Å². The summed E-state index contributed by atoms with van der Waals surface area (Å²) in [4.78, 5) is 15.7. The summed E-state index contributed by atoms with van der Waals surface area (Å²) < 4.78 is 5.03. The monoisotopic (exact) mass is 223 g/mol.